The van der Waals surface area contributed by atoms with Gasteiger partial charge >= 0.3 is 0 Å². The lowest BCUT2D eigenvalue weighted by molar-refractivity contribution is 0.0991. The normalized spacial score (nSPS) is 36.4. The van der Waals surface area contributed by atoms with Gasteiger partial charge in [0.15, 0.2) is 0 Å². The number of hydrogen-bond donors (Lipinski definition) is 1. The quantitative estimate of drug-likeness (QED) is 0.744. The number of allylic oxidation sites excluding steroid dienone is 1. The summed E-state index contributed by atoms with van der Waals surface area (Å²) >= 11 is 0. The van der Waals surface area contributed by atoms with Crippen molar-refractivity contribution < 1.29 is 0 Å². The summed E-state index contributed by atoms with van der Waals surface area (Å²) in [6, 6.07) is 1.07. The van der Waals surface area contributed by atoms with E-state index in [1.807, 2.05) is 0 Å². The van der Waals surface area contributed by atoms with E-state index in [-0.39, 0.29) is 0 Å². The van der Waals surface area contributed by atoms with Gasteiger partial charge in [0, 0.05) is 18.6 Å². The summed E-state index contributed by atoms with van der Waals surface area (Å²) in [4.78, 5) is 2.63. The number of nitrogens with zero attached hydrogens (tertiary/aromatic N) is 1. The molecule has 0 aromatic rings. The van der Waals surface area contributed by atoms with Crippen LogP contribution in [0, 0.1) is 5.92 Å². The summed E-state index contributed by atoms with van der Waals surface area (Å²) in [6.07, 6.45) is 8.94. The first kappa shape index (κ1) is 12.1. The molecule has 1 heterocycles. The molecular formula is C14H26N2. The minimum Gasteiger partial charge on any atom is -0.327 e. The van der Waals surface area contributed by atoms with Gasteiger partial charge in [0.1, 0.15) is 0 Å². The van der Waals surface area contributed by atoms with Crippen molar-refractivity contribution in [3.8, 4) is 0 Å². The van der Waals surface area contributed by atoms with E-state index in [9.17, 15) is 0 Å². The van der Waals surface area contributed by atoms with Gasteiger partial charge in [-0.2, -0.15) is 0 Å². The highest BCUT2D eigenvalue weighted by Gasteiger charge is 2.29. The van der Waals surface area contributed by atoms with Crippen LogP contribution in [-0.4, -0.2) is 30.1 Å². The van der Waals surface area contributed by atoms with E-state index >= 15 is 0 Å². The summed E-state index contributed by atoms with van der Waals surface area (Å²) in [5, 5.41) is 0. The molecule has 1 aliphatic carbocycles. The van der Waals surface area contributed by atoms with E-state index in [2.05, 4.69) is 24.8 Å². The van der Waals surface area contributed by atoms with E-state index < -0.39 is 0 Å². The van der Waals surface area contributed by atoms with Crippen LogP contribution in [0.1, 0.15) is 46.0 Å². The fraction of sp³-hybridized carbons (Fsp3) is 0.857. The van der Waals surface area contributed by atoms with Crippen LogP contribution in [0.3, 0.4) is 0 Å². The molecule has 2 aliphatic rings. The van der Waals surface area contributed by atoms with Gasteiger partial charge in [-0.05, 0) is 51.5 Å². The van der Waals surface area contributed by atoms with Gasteiger partial charge < -0.3 is 5.73 Å². The van der Waals surface area contributed by atoms with Crippen LogP contribution in [0.25, 0.3) is 0 Å². The molecule has 3 unspecified atom stereocenters. The largest absolute Gasteiger partial charge is 0.327 e. The highest BCUT2D eigenvalue weighted by Crippen LogP contribution is 2.25. The van der Waals surface area contributed by atoms with Crippen molar-refractivity contribution in [2.24, 2.45) is 11.7 Å². The summed E-state index contributed by atoms with van der Waals surface area (Å²) < 4.78 is 0. The molecule has 16 heavy (non-hydrogen) atoms. The number of hydrogen-bond acceptors (Lipinski definition) is 2. The first-order valence-corrected chi connectivity index (χ1v) is 6.86. The molecule has 1 fully saturated rings. The molecule has 2 N–H and O–H groups in total. The van der Waals surface area contributed by atoms with Crippen LogP contribution >= 0.6 is 0 Å². The minimum atomic E-state index is 0.414. The van der Waals surface area contributed by atoms with Crippen LogP contribution < -0.4 is 5.73 Å². The van der Waals surface area contributed by atoms with Gasteiger partial charge in [0.05, 0.1) is 0 Å². The predicted octanol–water partition coefficient (Wildman–Crippen LogP) is 2.54. The molecule has 92 valence electrons. The fourth-order valence-corrected chi connectivity index (χ4v) is 3.04. The second-order valence-corrected chi connectivity index (χ2v) is 5.59. The van der Waals surface area contributed by atoms with E-state index in [0.717, 1.165) is 0 Å². The number of nitrogens with two attached hydrogens (primary N) is 1. The van der Waals surface area contributed by atoms with E-state index in [1.165, 1.54) is 45.2 Å². The summed E-state index contributed by atoms with van der Waals surface area (Å²) in [5.74, 6) is 0.645. The van der Waals surface area contributed by atoms with Crippen LogP contribution in [0.15, 0.2) is 11.6 Å². The van der Waals surface area contributed by atoms with Gasteiger partial charge in [-0.3, -0.25) is 4.90 Å². The Labute approximate surface area is 99.9 Å². The van der Waals surface area contributed by atoms with Crippen molar-refractivity contribution in [2.75, 3.05) is 13.1 Å². The summed E-state index contributed by atoms with van der Waals surface area (Å²) in [5.41, 5.74) is 7.80. The zero-order chi connectivity index (χ0) is 11.5. The van der Waals surface area contributed by atoms with Gasteiger partial charge in [-0.1, -0.05) is 18.6 Å². The van der Waals surface area contributed by atoms with Gasteiger partial charge in [-0.15, -0.1) is 0 Å². The van der Waals surface area contributed by atoms with Crippen molar-refractivity contribution in [1.29, 1.82) is 0 Å². The van der Waals surface area contributed by atoms with Gasteiger partial charge in [0.25, 0.3) is 0 Å². The van der Waals surface area contributed by atoms with Crippen molar-refractivity contribution in [3.63, 3.8) is 0 Å². The molecule has 0 radical (unpaired) electrons. The molecule has 0 bridgehead atoms. The Hall–Kier alpha value is -0.340. The maximum Gasteiger partial charge on any atom is 0.0107 e. The zero-order valence-electron chi connectivity index (χ0n) is 10.8. The number of rotatable bonds is 3. The Morgan fingerprint density at radius 1 is 1.44 bits per heavy atom. The van der Waals surface area contributed by atoms with Crippen LogP contribution in [0.2, 0.25) is 0 Å². The SMILES string of the molecule is CC1C(N)CCN(CCC2=CCCC2)C1C. The lowest BCUT2D eigenvalue weighted by atomic mass is 9.87. The Kier molecular flexibility index (Phi) is 4.04. The Morgan fingerprint density at radius 2 is 2.25 bits per heavy atom. The third-order valence-corrected chi connectivity index (χ3v) is 4.62. The molecule has 1 saturated heterocycles. The van der Waals surface area contributed by atoms with Crippen LogP contribution in [0.4, 0.5) is 0 Å². The molecule has 2 nitrogen and oxygen atoms in total. The Balaban J connectivity index is 1.80. The Bertz CT molecular complexity index is 259. The molecule has 0 aromatic carbocycles. The zero-order valence-corrected chi connectivity index (χ0v) is 10.8. The topological polar surface area (TPSA) is 29.3 Å². The lowest BCUT2D eigenvalue weighted by Crippen LogP contribution is -2.51. The predicted molar refractivity (Wildman–Crippen MR) is 69.3 cm³/mol. The lowest BCUT2D eigenvalue weighted by Gasteiger charge is -2.41. The van der Waals surface area contributed by atoms with Crippen molar-refractivity contribution in [2.45, 2.75) is 58.0 Å². The smallest absolute Gasteiger partial charge is 0.0107 e. The molecule has 0 spiro atoms. The average Bonchev–Trinajstić information content (AvgIpc) is 2.78. The molecular weight excluding hydrogens is 196 g/mol. The van der Waals surface area contributed by atoms with E-state index in [0.29, 0.717) is 18.0 Å². The second kappa shape index (κ2) is 5.33. The number of likely N-dealkylation sites (tertiary alicyclic amines) is 1. The summed E-state index contributed by atoms with van der Waals surface area (Å²) in [7, 11) is 0. The fourth-order valence-electron chi connectivity index (χ4n) is 3.04. The van der Waals surface area contributed by atoms with Crippen molar-refractivity contribution >= 4 is 0 Å². The first-order valence-electron chi connectivity index (χ1n) is 6.86. The van der Waals surface area contributed by atoms with E-state index in [1.54, 1.807) is 5.57 Å². The third-order valence-electron chi connectivity index (χ3n) is 4.62. The molecule has 0 saturated carbocycles. The standard InChI is InChI=1S/C14H26N2/c1-11-12(2)16(10-8-14(11)15)9-7-13-5-3-4-6-13/h5,11-12,14H,3-4,6-10,15H2,1-2H3. The second-order valence-electron chi connectivity index (χ2n) is 5.59. The highest BCUT2D eigenvalue weighted by molar-refractivity contribution is 5.07. The summed E-state index contributed by atoms with van der Waals surface area (Å²) in [6.45, 7) is 7.08. The highest BCUT2D eigenvalue weighted by atomic mass is 15.2. The molecule has 0 aromatic heterocycles. The molecule has 3 atom stereocenters. The maximum absolute atomic E-state index is 6.11. The average molecular weight is 222 g/mol. The van der Waals surface area contributed by atoms with Crippen LogP contribution in [-0.2, 0) is 0 Å². The molecule has 1 aliphatic heterocycles. The van der Waals surface area contributed by atoms with Crippen LogP contribution in [0.5, 0.6) is 0 Å². The van der Waals surface area contributed by atoms with E-state index in [4.69, 9.17) is 5.73 Å². The molecule has 2 heteroatoms. The maximum atomic E-state index is 6.11. The Morgan fingerprint density at radius 3 is 2.94 bits per heavy atom. The number of piperidine rings is 1. The third kappa shape index (κ3) is 2.67. The first-order chi connectivity index (χ1) is 7.68. The monoisotopic (exact) mass is 222 g/mol. The van der Waals surface area contributed by atoms with Gasteiger partial charge in [-0.25, -0.2) is 0 Å². The van der Waals surface area contributed by atoms with Gasteiger partial charge in [0.2, 0.25) is 0 Å². The molecule has 2 rings (SSSR count). The minimum absolute atomic E-state index is 0.414. The van der Waals surface area contributed by atoms with Crippen molar-refractivity contribution in [1.82, 2.24) is 4.90 Å². The van der Waals surface area contributed by atoms with Crippen molar-refractivity contribution in [3.05, 3.63) is 11.6 Å². The molecule has 0 amide bonds.